The molecular formula is C25H38N2O5S. The van der Waals surface area contributed by atoms with Gasteiger partial charge in [-0.1, -0.05) is 12.2 Å². The first kappa shape index (κ1) is 25.8. The van der Waals surface area contributed by atoms with Crippen LogP contribution in [0.15, 0.2) is 25.3 Å². The summed E-state index contributed by atoms with van der Waals surface area (Å²) in [6, 6.07) is -1.26. The van der Waals surface area contributed by atoms with Gasteiger partial charge in [-0.05, 0) is 53.4 Å². The number of thioether (sulfide) groups is 1. The van der Waals surface area contributed by atoms with Gasteiger partial charge in [0.2, 0.25) is 11.8 Å². The van der Waals surface area contributed by atoms with Crippen molar-refractivity contribution in [2.24, 2.45) is 11.8 Å². The van der Waals surface area contributed by atoms with Gasteiger partial charge >= 0.3 is 5.97 Å². The molecule has 184 valence electrons. The predicted octanol–water partition coefficient (Wildman–Crippen LogP) is 2.78. The minimum absolute atomic E-state index is 0.0322. The topological polar surface area (TPSA) is 87.1 Å². The maximum atomic E-state index is 14.1. The number of rotatable bonds is 10. The fourth-order valence-electron chi connectivity index (χ4n) is 5.67. The van der Waals surface area contributed by atoms with E-state index in [0.717, 1.165) is 12.8 Å². The number of unbranched alkanes of at least 4 members (excludes halogenated alkanes) is 1. The zero-order valence-electron chi connectivity index (χ0n) is 20.3. The van der Waals surface area contributed by atoms with Crippen LogP contribution in [-0.4, -0.2) is 80.1 Å². The summed E-state index contributed by atoms with van der Waals surface area (Å²) in [7, 11) is 0. The van der Waals surface area contributed by atoms with Gasteiger partial charge in [0.25, 0.3) is 0 Å². The first-order chi connectivity index (χ1) is 15.5. The molecule has 3 aliphatic heterocycles. The van der Waals surface area contributed by atoms with Crippen LogP contribution in [0.1, 0.15) is 53.4 Å². The quantitative estimate of drug-likeness (QED) is 0.295. The highest BCUT2D eigenvalue weighted by Gasteiger charge is 2.74. The molecule has 1 N–H and O–H groups in total. The number of carbonyl (C=O) groups is 3. The molecule has 3 saturated heterocycles. The summed E-state index contributed by atoms with van der Waals surface area (Å²) >= 11 is 1.61. The monoisotopic (exact) mass is 478 g/mol. The Labute approximate surface area is 201 Å². The van der Waals surface area contributed by atoms with Crippen LogP contribution in [0.3, 0.4) is 0 Å². The zero-order valence-corrected chi connectivity index (χ0v) is 21.1. The summed E-state index contributed by atoms with van der Waals surface area (Å²) < 4.78 is 4.88. The minimum atomic E-state index is -0.732. The SMILES string of the molecule is C=CCCCOC(=O)[C@@H]1[C@H]2C(=O)N([C@H](C)CO)C(C(=O)N(CC=C)C(C)(C)C)C23CC[C@H]1S3. The van der Waals surface area contributed by atoms with E-state index in [9.17, 15) is 19.5 Å². The molecule has 0 saturated carbocycles. The second-order valence-electron chi connectivity index (χ2n) is 10.3. The van der Waals surface area contributed by atoms with Crippen LogP contribution in [0.25, 0.3) is 0 Å². The molecule has 2 bridgehead atoms. The maximum absolute atomic E-state index is 14.1. The third kappa shape index (κ3) is 4.36. The normalized spacial score (nSPS) is 31.3. The number of hydrogen-bond donors (Lipinski definition) is 1. The van der Waals surface area contributed by atoms with Gasteiger partial charge in [-0.2, -0.15) is 0 Å². The lowest BCUT2D eigenvalue weighted by Crippen LogP contribution is -2.60. The molecule has 7 nitrogen and oxygen atoms in total. The number of allylic oxidation sites excluding steroid dienone is 1. The van der Waals surface area contributed by atoms with Gasteiger partial charge < -0.3 is 19.6 Å². The summed E-state index contributed by atoms with van der Waals surface area (Å²) in [5.74, 6) is -1.88. The average Bonchev–Trinajstić information content (AvgIpc) is 3.40. The number of nitrogens with zero attached hydrogens (tertiary/aromatic N) is 2. The van der Waals surface area contributed by atoms with Gasteiger partial charge in [-0.3, -0.25) is 14.4 Å². The molecule has 2 amide bonds. The number of ether oxygens (including phenoxy) is 1. The van der Waals surface area contributed by atoms with Gasteiger partial charge in [-0.25, -0.2) is 0 Å². The van der Waals surface area contributed by atoms with E-state index >= 15 is 0 Å². The summed E-state index contributed by atoms with van der Waals surface area (Å²) in [4.78, 5) is 44.3. The van der Waals surface area contributed by atoms with Gasteiger partial charge in [-0.15, -0.1) is 24.9 Å². The highest BCUT2D eigenvalue weighted by molar-refractivity contribution is 8.02. The van der Waals surface area contributed by atoms with E-state index in [1.807, 2.05) is 20.8 Å². The summed E-state index contributed by atoms with van der Waals surface area (Å²) in [6.07, 6.45) is 6.38. The Hall–Kier alpha value is -1.80. The van der Waals surface area contributed by atoms with Crippen molar-refractivity contribution in [3.05, 3.63) is 25.3 Å². The molecule has 1 spiro atoms. The Kier molecular flexibility index (Phi) is 7.68. The van der Waals surface area contributed by atoms with Crippen molar-refractivity contribution in [3.8, 4) is 0 Å². The number of likely N-dealkylation sites (tertiary alicyclic amines) is 1. The van der Waals surface area contributed by atoms with E-state index in [-0.39, 0.29) is 29.6 Å². The van der Waals surface area contributed by atoms with Gasteiger partial charge in [0.15, 0.2) is 0 Å². The fourth-order valence-corrected chi connectivity index (χ4v) is 7.86. The van der Waals surface area contributed by atoms with E-state index in [4.69, 9.17) is 4.74 Å². The number of amides is 2. The van der Waals surface area contributed by atoms with E-state index in [1.165, 1.54) is 0 Å². The predicted molar refractivity (Wildman–Crippen MR) is 130 cm³/mol. The lowest BCUT2D eigenvalue weighted by Gasteiger charge is -2.43. The van der Waals surface area contributed by atoms with Crippen molar-refractivity contribution in [2.75, 3.05) is 19.8 Å². The van der Waals surface area contributed by atoms with Crippen LogP contribution >= 0.6 is 11.8 Å². The third-order valence-electron chi connectivity index (χ3n) is 7.17. The molecule has 0 aliphatic carbocycles. The number of carbonyl (C=O) groups excluding carboxylic acids is 3. The van der Waals surface area contributed by atoms with Crippen molar-refractivity contribution >= 4 is 29.5 Å². The van der Waals surface area contributed by atoms with Crippen LogP contribution in [0, 0.1) is 11.8 Å². The van der Waals surface area contributed by atoms with Crippen molar-refractivity contribution < 1.29 is 24.2 Å². The third-order valence-corrected chi connectivity index (χ3v) is 9.12. The Morgan fingerprint density at radius 3 is 2.64 bits per heavy atom. The first-order valence-electron chi connectivity index (χ1n) is 11.9. The van der Waals surface area contributed by atoms with Crippen LogP contribution in [-0.2, 0) is 19.1 Å². The van der Waals surface area contributed by atoms with E-state index in [0.29, 0.717) is 26.0 Å². The van der Waals surface area contributed by atoms with Crippen molar-refractivity contribution in [1.29, 1.82) is 0 Å². The lowest BCUT2D eigenvalue weighted by atomic mass is 9.71. The molecule has 8 heteroatoms. The first-order valence-corrected chi connectivity index (χ1v) is 12.7. The van der Waals surface area contributed by atoms with Crippen molar-refractivity contribution in [1.82, 2.24) is 9.80 Å². The Morgan fingerprint density at radius 2 is 2.06 bits per heavy atom. The molecule has 3 rings (SSSR count). The number of aliphatic hydroxyl groups excluding tert-OH is 1. The number of aliphatic hydroxyl groups is 1. The standard InChI is InChI=1S/C25H38N2O5S/c1-7-9-10-14-32-23(31)18-17-11-12-25(33-17)19(18)21(29)27(16(3)15-28)20(25)22(30)26(13-8-2)24(4,5)6/h7-8,16-20,28H,1-2,9-15H2,3-6H3/t16-,17-,18+,19+,20?,25?/m1/s1. The number of esters is 1. The molecule has 0 aromatic rings. The number of fused-ring (bicyclic) bond motifs is 1. The Bertz CT molecular complexity index is 809. The molecule has 6 atom stereocenters. The fraction of sp³-hybridized carbons (Fsp3) is 0.720. The van der Waals surface area contributed by atoms with E-state index in [1.54, 1.807) is 40.6 Å². The van der Waals surface area contributed by atoms with Crippen LogP contribution in [0.4, 0.5) is 0 Å². The van der Waals surface area contributed by atoms with Crippen LogP contribution < -0.4 is 0 Å². The highest BCUT2D eigenvalue weighted by Crippen LogP contribution is 2.67. The molecule has 3 aliphatic rings. The van der Waals surface area contributed by atoms with Gasteiger partial charge in [0.05, 0.1) is 35.8 Å². The summed E-state index contributed by atoms with van der Waals surface area (Å²) in [5, 5.41) is 9.91. The average molecular weight is 479 g/mol. The smallest absolute Gasteiger partial charge is 0.310 e. The molecule has 2 unspecified atom stereocenters. The molecule has 0 aromatic carbocycles. The lowest BCUT2D eigenvalue weighted by molar-refractivity contribution is -0.154. The summed E-state index contributed by atoms with van der Waals surface area (Å²) in [6.45, 7) is 15.5. The number of hydrogen-bond acceptors (Lipinski definition) is 6. The maximum Gasteiger partial charge on any atom is 0.310 e. The molecule has 3 heterocycles. The second-order valence-corrected chi connectivity index (χ2v) is 11.9. The van der Waals surface area contributed by atoms with E-state index in [2.05, 4.69) is 13.2 Å². The largest absolute Gasteiger partial charge is 0.465 e. The Morgan fingerprint density at radius 1 is 1.36 bits per heavy atom. The molecule has 0 radical (unpaired) electrons. The summed E-state index contributed by atoms with van der Waals surface area (Å²) in [5.41, 5.74) is -0.470. The van der Waals surface area contributed by atoms with Crippen molar-refractivity contribution in [3.63, 3.8) is 0 Å². The second kappa shape index (κ2) is 9.82. The molecule has 33 heavy (non-hydrogen) atoms. The molecule has 3 fully saturated rings. The van der Waals surface area contributed by atoms with Crippen LogP contribution in [0.5, 0.6) is 0 Å². The van der Waals surface area contributed by atoms with Crippen LogP contribution in [0.2, 0.25) is 0 Å². The zero-order chi connectivity index (χ0) is 24.6. The highest BCUT2D eigenvalue weighted by atomic mass is 32.2. The van der Waals surface area contributed by atoms with Gasteiger partial charge in [0.1, 0.15) is 6.04 Å². The van der Waals surface area contributed by atoms with Gasteiger partial charge in [0, 0.05) is 17.3 Å². The minimum Gasteiger partial charge on any atom is -0.465 e. The van der Waals surface area contributed by atoms with Crippen molar-refractivity contribution in [2.45, 2.75) is 81.0 Å². The molecular weight excluding hydrogens is 440 g/mol. The Balaban J connectivity index is 1.98. The van der Waals surface area contributed by atoms with E-state index < -0.39 is 34.2 Å². The molecule has 0 aromatic heterocycles.